The van der Waals surface area contributed by atoms with Gasteiger partial charge in [0.05, 0.1) is 20.1 Å². The lowest BCUT2D eigenvalue weighted by molar-refractivity contribution is -0.132. The van der Waals surface area contributed by atoms with Crippen LogP contribution in [0.15, 0.2) is 42.5 Å². The van der Waals surface area contributed by atoms with Crippen molar-refractivity contribution in [1.29, 1.82) is 0 Å². The fraction of sp³-hybridized carbons (Fsp3) is 0.381. The van der Waals surface area contributed by atoms with Crippen LogP contribution < -0.4 is 9.47 Å². The minimum absolute atomic E-state index is 0.0495. The van der Waals surface area contributed by atoms with Gasteiger partial charge in [-0.25, -0.2) is 0 Å². The molecule has 4 heteroatoms. The number of aryl methyl sites for hydroxylation is 1. The summed E-state index contributed by atoms with van der Waals surface area (Å²) >= 11 is 0. The molecule has 1 atom stereocenters. The second kappa shape index (κ2) is 7.60. The van der Waals surface area contributed by atoms with Crippen molar-refractivity contribution in [2.45, 2.75) is 31.7 Å². The minimum atomic E-state index is -0.0495. The maximum atomic E-state index is 13.1. The van der Waals surface area contributed by atoms with Crippen LogP contribution in [-0.2, 0) is 17.8 Å². The van der Waals surface area contributed by atoms with E-state index in [2.05, 4.69) is 18.2 Å². The standard InChI is InChI=1S/C21H25NO3/c1-22(14-16-10-7-13-19(24-2)20(16)25-3)21(23)18-12-6-9-15-8-4-5-11-17(15)18/h4-5,7-8,10-11,13,18H,6,9,12,14H2,1-3H3. The van der Waals surface area contributed by atoms with E-state index in [9.17, 15) is 4.79 Å². The van der Waals surface area contributed by atoms with Gasteiger partial charge < -0.3 is 14.4 Å². The highest BCUT2D eigenvalue weighted by atomic mass is 16.5. The van der Waals surface area contributed by atoms with Crippen LogP contribution in [0.4, 0.5) is 0 Å². The largest absolute Gasteiger partial charge is 0.493 e. The van der Waals surface area contributed by atoms with E-state index in [0.717, 1.165) is 24.8 Å². The Morgan fingerprint density at radius 2 is 1.92 bits per heavy atom. The molecule has 0 aromatic heterocycles. The quantitative estimate of drug-likeness (QED) is 0.832. The van der Waals surface area contributed by atoms with Crippen molar-refractivity contribution < 1.29 is 14.3 Å². The summed E-state index contributed by atoms with van der Waals surface area (Å²) < 4.78 is 10.8. The third-order valence-electron chi connectivity index (χ3n) is 4.94. The third kappa shape index (κ3) is 3.48. The predicted octanol–water partition coefficient (Wildman–Crippen LogP) is 3.78. The van der Waals surface area contributed by atoms with Gasteiger partial charge in [-0.05, 0) is 36.5 Å². The highest BCUT2D eigenvalue weighted by molar-refractivity contribution is 5.84. The molecule has 0 bridgehead atoms. The number of likely N-dealkylation sites (N-methyl/N-ethyl adjacent to an activating group) is 1. The maximum Gasteiger partial charge on any atom is 0.230 e. The van der Waals surface area contributed by atoms with Crippen LogP contribution in [0.5, 0.6) is 11.5 Å². The molecule has 1 aliphatic rings. The van der Waals surface area contributed by atoms with Crippen molar-refractivity contribution >= 4 is 5.91 Å². The first-order valence-corrected chi connectivity index (χ1v) is 8.68. The molecule has 0 saturated carbocycles. The molecule has 0 aliphatic heterocycles. The zero-order valence-corrected chi connectivity index (χ0v) is 15.1. The summed E-state index contributed by atoms with van der Waals surface area (Å²) in [6.45, 7) is 0.498. The summed E-state index contributed by atoms with van der Waals surface area (Å²) in [6, 6.07) is 14.1. The van der Waals surface area contributed by atoms with Gasteiger partial charge in [0.2, 0.25) is 5.91 Å². The number of hydrogen-bond donors (Lipinski definition) is 0. The summed E-state index contributed by atoms with van der Waals surface area (Å²) in [6.07, 6.45) is 3.03. The van der Waals surface area contributed by atoms with Crippen molar-refractivity contribution in [2.75, 3.05) is 21.3 Å². The molecule has 132 valence electrons. The Morgan fingerprint density at radius 3 is 2.68 bits per heavy atom. The maximum absolute atomic E-state index is 13.1. The Labute approximate surface area is 149 Å². The fourth-order valence-electron chi connectivity index (χ4n) is 3.69. The molecule has 25 heavy (non-hydrogen) atoms. The lowest BCUT2D eigenvalue weighted by Crippen LogP contribution is -2.33. The fourth-order valence-corrected chi connectivity index (χ4v) is 3.69. The van der Waals surface area contributed by atoms with Crippen LogP contribution in [0.2, 0.25) is 0 Å². The van der Waals surface area contributed by atoms with Crippen LogP contribution in [0, 0.1) is 0 Å². The Kier molecular flexibility index (Phi) is 5.27. The lowest BCUT2D eigenvalue weighted by Gasteiger charge is -2.29. The van der Waals surface area contributed by atoms with E-state index in [-0.39, 0.29) is 11.8 Å². The number of ether oxygens (including phenoxy) is 2. The molecule has 4 nitrogen and oxygen atoms in total. The third-order valence-corrected chi connectivity index (χ3v) is 4.94. The van der Waals surface area contributed by atoms with Gasteiger partial charge in [-0.1, -0.05) is 36.4 Å². The van der Waals surface area contributed by atoms with Gasteiger partial charge in [0, 0.05) is 19.2 Å². The van der Waals surface area contributed by atoms with Crippen molar-refractivity contribution in [2.24, 2.45) is 0 Å². The van der Waals surface area contributed by atoms with Gasteiger partial charge in [0.15, 0.2) is 11.5 Å². The number of carbonyl (C=O) groups is 1. The minimum Gasteiger partial charge on any atom is -0.493 e. The van der Waals surface area contributed by atoms with Crippen LogP contribution in [0.25, 0.3) is 0 Å². The number of fused-ring (bicyclic) bond motifs is 1. The van der Waals surface area contributed by atoms with E-state index in [1.165, 1.54) is 11.1 Å². The summed E-state index contributed by atoms with van der Waals surface area (Å²) in [7, 11) is 5.11. The molecule has 0 heterocycles. The summed E-state index contributed by atoms with van der Waals surface area (Å²) in [4.78, 5) is 14.9. The van der Waals surface area contributed by atoms with Crippen LogP contribution >= 0.6 is 0 Å². The van der Waals surface area contributed by atoms with E-state index >= 15 is 0 Å². The number of benzene rings is 2. The molecule has 0 fully saturated rings. The molecule has 3 rings (SSSR count). The van der Waals surface area contributed by atoms with E-state index in [4.69, 9.17) is 9.47 Å². The molecule has 0 radical (unpaired) electrons. The molecule has 1 aliphatic carbocycles. The first-order chi connectivity index (χ1) is 12.2. The Bertz CT molecular complexity index is 757. The second-order valence-corrected chi connectivity index (χ2v) is 6.49. The van der Waals surface area contributed by atoms with Crippen molar-refractivity contribution in [3.8, 4) is 11.5 Å². The van der Waals surface area contributed by atoms with Crippen molar-refractivity contribution in [1.82, 2.24) is 4.90 Å². The molecular weight excluding hydrogens is 314 g/mol. The van der Waals surface area contributed by atoms with E-state index in [1.54, 1.807) is 19.1 Å². The van der Waals surface area contributed by atoms with Gasteiger partial charge in [-0.2, -0.15) is 0 Å². The van der Waals surface area contributed by atoms with Crippen molar-refractivity contribution in [3.63, 3.8) is 0 Å². The average molecular weight is 339 g/mol. The van der Waals surface area contributed by atoms with Gasteiger partial charge in [-0.3, -0.25) is 4.79 Å². The average Bonchev–Trinajstić information content (AvgIpc) is 2.66. The Balaban J connectivity index is 1.81. The van der Waals surface area contributed by atoms with Crippen LogP contribution in [-0.4, -0.2) is 32.1 Å². The number of rotatable bonds is 5. The highest BCUT2D eigenvalue weighted by Crippen LogP contribution is 2.35. The highest BCUT2D eigenvalue weighted by Gasteiger charge is 2.28. The molecule has 1 amide bonds. The second-order valence-electron chi connectivity index (χ2n) is 6.49. The molecule has 0 N–H and O–H groups in total. The van der Waals surface area contributed by atoms with E-state index in [0.29, 0.717) is 18.0 Å². The number of methoxy groups -OCH3 is 2. The van der Waals surface area contributed by atoms with Crippen molar-refractivity contribution in [3.05, 3.63) is 59.2 Å². The monoisotopic (exact) mass is 339 g/mol. The topological polar surface area (TPSA) is 38.8 Å². The Morgan fingerprint density at radius 1 is 1.12 bits per heavy atom. The summed E-state index contributed by atoms with van der Waals surface area (Å²) in [5.41, 5.74) is 3.43. The van der Waals surface area contributed by atoms with E-state index in [1.807, 2.05) is 31.3 Å². The molecular formula is C21H25NO3. The number of amides is 1. The lowest BCUT2D eigenvalue weighted by atomic mass is 9.82. The number of carbonyl (C=O) groups excluding carboxylic acids is 1. The smallest absolute Gasteiger partial charge is 0.230 e. The van der Waals surface area contributed by atoms with Crippen LogP contribution in [0.1, 0.15) is 35.4 Å². The van der Waals surface area contributed by atoms with Gasteiger partial charge >= 0.3 is 0 Å². The normalized spacial score (nSPS) is 16.0. The van der Waals surface area contributed by atoms with E-state index < -0.39 is 0 Å². The SMILES string of the molecule is COc1cccc(CN(C)C(=O)C2CCCc3ccccc32)c1OC. The molecule has 0 saturated heterocycles. The number of hydrogen-bond acceptors (Lipinski definition) is 3. The van der Waals surface area contributed by atoms with Gasteiger partial charge in [-0.15, -0.1) is 0 Å². The molecule has 2 aromatic rings. The zero-order chi connectivity index (χ0) is 17.8. The molecule has 0 spiro atoms. The summed E-state index contributed by atoms with van der Waals surface area (Å²) in [5, 5.41) is 0. The van der Waals surface area contributed by atoms with Crippen LogP contribution in [0.3, 0.4) is 0 Å². The zero-order valence-electron chi connectivity index (χ0n) is 15.1. The first-order valence-electron chi connectivity index (χ1n) is 8.68. The summed E-state index contributed by atoms with van der Waals surface area (Å²) in [5.74, 6) is 1.49. The predicted molar refractivity (Wildman–Crippen MR) is 98.1 cm³/mol. The molecule has 2 aromatic carbocycles. The Hall–Kier alpha value is -2.49. The molecule has 1 unspecified atom stereocenters. The first kappa shape index (κ1) is 17.3. The van der Waals surface area contributed by atoms with Gasteiger partial charge in [0.1, 0.15) is 0 Å². The number of para-hydroxylation sites is 1. The van der Waals surface area contributed by atoms with Gasteiger partial charge in [0.25, 0.3) is 0 Å². The number of nitrogens with zero attached hydrogens (tertiary/aromatic N) is 1.